The molecule has 2 aromatic rings. The molecule has 0 radical (unpaired) electrons. The molecular weight excluding hydrogens is 244 g/mol. The number of halogens is 1. The fraction of sp³-hybridized carbons (Fsp3) is 0.125. The molecule has 2 rings (SSSR count). The minimum absolute atomic E-state index is 0.427. The van der Waals surface area contributed by atoms with Crippen LogP contribution in [0.25, 0.3) is 17.2 Å². The smallest absolute Gasteiger partial charge is 0.0696 e. The maximum Gasteiger partial charge on any atom is 0.0696 e. The van der Waals surface area contributed by atoms with E-state index >= 15 is 0 Å². The lowest BCUT2D eigenvalue weighted by atomic mass is 10.0. The zero-order valence-electron chi connectivity index (χ0n) is 10.2. The van der Waals surface area contributed by atoms with Crippen LogP contribution in [0.2, 0.25) is 5.02 Å². The van der Waals surface area contributed by atoms with Crippen molar-refractivity contribution in [2.75, 3.05) is 0 Å². The van der Waals surface area contributed by atoms with Gasteiger partial charge in [-0.15, -0.1) is 0 Å². The van der Waals surface area contributed by atoms with Gasteiger partial charge in [-0.05, 0) is 41.8 Å². The van der Waals surface area contributed by atoms with Gasteiger partial charge in [-0.25, -0.2) is 0 Å². The van der Waals surface area contributed by atoms with Crippen LogP contribution in [0.1, 0.15) is 12.5 Å². The van der Waals surface area contributed by atoms with Gasteiger partial charge < -0.3 is 5.11 Å². The summed E-state index contributed by atoms with van der Waals surface area (Å²) < 4.78 is 0. The Bertz CT molecular complexity index is 541. The first-order valence-corrected chi connectivity index (χ1v) is 6.25. The van der Waals surface area contributed by atoms with Crippen molar-refractivity contribution >= 4 is 17.7 Å². The highest BCUT2D eigenvalue weighted by Gasteiger charge is 1.98. The standard InChI is InChI=1S/C16H15ClO/c1-12(18)5-6-13-3-2-4-15(11-13)14-7-9-16(17)10-8-14/h2-12,18H,1H3/b6-5+/t12-/m0/s1. The van der Waals surface area contributed by atoms with Crippen molar-refractivity contribution in [2.24, 2.45) is 0 Å². The number of hydrogen-bond acceptors (Lipinski definition) is 1. The van der Waals surface area contributed by atoms with Gasteiger partial charge in [0.25, 0.3) is 0 Å². The van der Waals surface area contributed by atoms with Gasteiger partial charge in [0.2, 0.25) is 0 Å². The summed E-state index contributed by atoms with van der Waals surface area (Å²) in [5, 5.41) is 9.97. The van der Waals surface area contributed by atoms with E-state index in [-0.39, 0.29) is 0 Å². The minimum atomic E-state index is -0.427. The Balaban J connectivity index is 2.29. The molecule has 0 aromatic heterocycles. The average Bonchev–Trinajstić information content (AvgIpc) is 2.37. The summed E-state index contributed by atoms with van der Waals surface area (Å²) in [6, 6.07) is 15.9. The monoisotopic (exact) mass is 258 g/mol. The molecular formula is C16H15ClO. The maximum absolute atomic E-state index is 9.23. The molecule has 92 valence electrons. The Kier molecular flexibility index (Phi) is 4.19. The summed E-state index contributed by atoms with van der Waals surface area (Å²) in [7, 11) is 0. The summed E-state index contributed by atoms with van der Waals surface area (Å²) >= 11 is 5.88. The normalized spacial score (nSPS) is 12.8. The second-order valence-corrected chi connectivity index (χ2v) is 4.67. The SMILES string of the molecule is C[C@H](O)/C=C/c1cccc(-c2ccc(Cl)cc2)c1. The van der Waals surface area contributed by atoms with Gasteiger partial charge in [-0.1, -0.05) is 54.1 Å². The van der Waals surface area contributed by atoms with Gasteiger partial charge in [-0.3, -0.25) is 0 Å². The van der Waals surface area contributed by atoms with E-state index in [9.17, 15) is 5.11 Å². The number of benzene rings is 2. The summed E-state index contributed by atoms with van der Waals surface area (Å²) in [6.07, 6.45) is 3.26. The van der Waals surface area contributed by atoms with Crippen molar-refractivity contribution in [2.45, 2.75) is 13.0 Å². The lowest BCUT2D eigenvalue weighted by Crippen LogP contribution is -1.91. The lowest BCUT2D eigenvalue weighted by Gasteiger charge is -2.03. The third-order valence-electron chi connectivity index (χ3n) is 2.63. The first kappa shape index (κ1) is 12.9. The Morgan fingerprint density at radius 3 is 2.44 bits per heavy atom. The molecule has 0 bridgehead atoms. The van der Waals surface area contributed by atoms with Crippen LogP contribution in [0.4, 0.5) is 0 Å². The van der Waals surface area contributed by atoms with Crippen molar-refractivity contribution in [3.63, 3.8) is 0 Å². The van der Waals surface area contributed by atoms with Gasteiger partial charge >= 0.3 is 0 Å². The van der Waals surface area contributed by atoms with Crippen LogP contribution in [-0.4, -0.2) is 11.2 Å². The van der Waals surface area contributed by atoms with Crippen molar-refractivity contribution < 1.29 is 5.11 Å². The summed E-state index contributed by atoms with van der Waals surface area (Å²) in [5.41, 5.74) is 3.34. The molecule has 0 saturated carbocycles. The molecule has 0 aliphatic heterocycles. The molecule has 0 unspecified atom stereocenters. The molecule has 0 amide bonds. The van der Waals surface area contributed by atoms with Gasteiger partial charge in [-0.2, -0.15) is 0 Å². The van der Waals surface area contributed by atoms with Gasteiger partial charge in [0.05, 0.1) is 6.10 Å². The van der Waals surface area contributed by atoms with Crippen molar-refractivity contribution in [1.82, 2.24) is 0 Å². The second kappa shape index (κ2) is 5.85. The van der Waals surface area contributed by atoms with Crippen molar-refractivity contribution in [3.8, 4) is 11.1 Å². The van der Waals surface area contributed by atoms with Crippen molar-refractivity contribution in [3.05, 3.63) is 65.2 Å². The van der Waals surface area contributed by atoms with E-state index < -0.39 is 6.10 Å². The Morgan fingerprint density at radius 2 is 1.78 bits per heavy atom. The Morgan fingerprint density at radius 1 is 1.06 bits per heavy atom. The molecule has 0 spiro atoms. The summed E-state index contributed by atoms with van der Waals surface area (Å²) in [5.74, 6) is 0. The highest BCUT2D eigenvalue weighted by molar-refractivity contribution is 6.30. The highest BCUT2D eigenvalue weighted by Crippen LogP contribution is 2.22. The molecule has 2 aromatic carbocycles. The topological polar surface area (TPSA) is 20.2 Å². The molecule has 0 saturated heterocycles. The minimum Gasteiger partial charge on any atom is -0.389 e. The van der Waals surface area contributed by atoms with Gasteiger partial charge in [0, 0.05) is 5.02 Å². The Hall–Kier alpha value is -1.57. The largest absolute Gasteiger partial charge is 0.389 e. The third-order valence-corrected chi connectivity index (χ3v) is 2.88. The second-order valence-electron chi connectivity index (χ2n) is 4.23. The molecule has 1 atom stereocenters. The maximum atomic E-state index is 9.23. The van der Waals surface area contributed by atoms with E-state index in [4.69, 9.17) is 11.6 Å². The number of aliphatic hydroxyl groups is 1. The molecule has 0 heterocycles. The van der Waals surface area contributed by atoms with Crippen LogP contribution in [0, 0.1) is 0 Å². The van der Waals surface area contributed by atoms with Crippen molar-refractivity contribution in [1.29, 1.82) is 0 Å². The van der Waals surface area contributed by atoms with E-state index in [1.54, 1.807) is 13.0 Å². The molecule has 0 aliphatic rings. The summed E-state index contributed by atoms with van der Waals surface area (Å²) in [6.45, 7) is 1.74. The van der Waals surface area contributed by atoms with Crippen LogP contribution < -0.4 is 0 Å². The zero-order chi connectivity index (χ0) is 13.0. The molecule has 0 aliphatic carbocycles. The van der Waals surface area contributed by atoms with Crippen LogP contribution in [0.5, 0.6) is 0 Å². The molecule has 1 nitrogen and oxygen atoms in total. The molecule has 18 heavy (non-hydrogen) atoms. The van der Waals surface area contributed by atoms with E-state index in [0.717, 1.165) is 21.7 Å². The third kappa shape index (κ3) is 3.46. The van der Waals surface area contributed by atoms with Gasteiger partial charge in [0.15, 0.2) is 0 Å². The van der Waals surface area contributed by atoms with E-state index in [0.29, 0.717) is 0 Å². The summed E-state index contributed by atoms with van der Waals surface area (Å²) in [4.78, 5) is 0. The fourth-order valence-corrected chi connectivity index (χ4v) is 1.84. The van der Waals surface area contributed by atoms with Crippen LogP contribution in [-0.2, 0) is 0 Å². The fourth-order valence-electron chi connectivity index (χ4n) is 1.71. The number of rotatable bonds is 3. The molecule has 2 heteroatoms. The first-order chi connectivity index (χ1) is 8.65. The quantitative estimate of drug-likeness (QED) is 0.865. The van der Waals surface area contributed by atoms with Crippen LogP contribution >= 0.6 is 11.6 Å². The number of aliphatic hydroxyl groups excluding tert-OH is 1. The first-order valence-electron chi connectivity index (χ1n) is 5.87. The van der Waals surface area contributed by atoms with Gasteiger partial charge in [0.1, 0.15) is 0 Å². The predicted molar refractivity (Wildman–Crippen MR) is 77.6 cm³/mol. The van der Waals surface area contributed by atoms with E-state index in [1.807, 2.05) is 42.5 Å². The van der Waals surface area contributed by atoms with Crippen LogP contribution in [0.15, 0.2) is 54.6 Å². The average molecular weight is 259 g/mol. The number of hydrogen-bond donors (Lipinski definition) is 1. The lowest BCUT2D eigenvalue weighted by molar-refractivity contribution is 0.245. The molecule has 1 N–H and O–H groups in total. The molecule has 0 fully saturated rings. The van der Waals surface area contributed by atoms with E-state index in [1.165, 1.54) is 0 Å². The van der Waals surface area contributed by atoms with E-state index in [2.05, 4.69) is 12.1 Å². The van der Waals surface area contributed by atoms with Crippen LogP contribution in [0.3, 0.4) is 0 Å². The Labute approximate surface area is 112 Å². The highest BCUT2D eigenvalue weighted by atomic mass is 35.5. The zero-order valence-corrected chi connectivity index (χ0v) is 10.9. The predicted octanol–water partition coefficient (Wildman–Crippen LogP) is 4.40.